The first-order valence-corrected chi connectivity index (χ1v) is 22.9. The van der Waals surface area contributed by atoms with Crippen LogP contribution in [0, 0.1) is 17.8 Å². The second-order valence-corrected chi connectivity index (χ2v) is 18.8. The lowest BCUT2D eigenvalue weighted by atomic mass is 9.63. The average Bonchev–Trinajstić information content (AvgIpc) is 3.64. The largest absolute Gasteiger partial charge is 0.497 e. The number of sulfonamides is 2. The summed E-state index contributed by atoms with van der Waals surface area (Å²) >= 11 is 0. The SMILES string of the molecule is COC(=O)[C@H]1[C@H]2C[C@@H]3c4[nH]c5cc(OC)ccc5c4CCN3C[C@H]2C[C@@H](OC(=O)c2cc(OC)c(OC)c(OC)c2)[C@@H]1OC.NS(=O)(=O)c1cc2c(cc1C(F)(F)F)NCNS2(=O)=O. The van der Waals surface area contributed by atoms with Crippen LogP contribution in [0.15, 0.2) is 52.3 Å². The minimum Gasteiger partial charge on any atom is -0.497 e. The van der Waals surface area contributed by atoms with Gasteiger partial charge in [0, 0.05) is 42.9 Å². The second kappa shape index (κ2) is 17.9. The van der Waals surface area contributed by atoms with Crippen molar-refractivity contribution in [2.45, 2.75) is 53.5 Å². The smallest absolute Gasteiger partial charge is 0.417 e. The van der Waals surface area contributed by atoms with E-state index in [9.17, 15) is 39.6 Å². The number of carbonyl (C=O) groups is 2. The fourth-order valence-electron chi connectivity index (χ4n) is 9.44. The average molecular weight is 940 g/mol. The van der Waals surface area contributed by atoms with E-state index >= 15 is 0 Å². The van der Waals surface area contributed by atoms with Crippen molar-refractivity contribution in [1.82, 2.24) is 14.6 Å². The number of rotatable bonds is 9. The normalized spacial score (nSPS) is 23.7. The standard InChI is InChI=1S/C33H40N2O9.C8H8F3N3O4S2/c1-38-19-7-8-20-21-9-10-35-16-18-13-27(44-32(36)17-11-25(39-2)30(41-4)26(12-17)40-3)31(42-5)28(33(37)43-6)22(18)15-24(35)29(21)34-23(20)14-19;9-8(10,11)4-1-5-7(2-6(4)19(12,15)16)20(17,18)14-3-13-5/h7-8,11-12,14,18,22,24,27-28,31,34H,9-10,13,15-16H2,1-6H3;1-2,13-14H,3H2,(H2,12,15,16)/t18-,22+,24-,27-,28+,31+;/m1./s1. The van der Waals surface area contributed by atoms with E-state index in [0.717, 1.165) is 37.2 Å². The lowest BCUT2D eigenvalue weighted by molar-refractivity contribution is -0.176. The number of ether oxygens (including phenoxy) is 7. The topological polar surface area (TPSA) is 236 Å². The number of methoxy groups -OCH3 is 6. The van der Waals surface area contributed by atoms with Crippen molar-refractivity contribution in [2.75, 3.05) is 67.7 Å². The maximum atomic E-state index is 13.5. The highest BCUT2D eigenvalue weighted by Gasteiger charge is 2.54. The molecule has 1 saturated heterocycles. The number of carbonyl (C=O) groups excluding carboxylic acids is 2. The van der Waals surface area contributed by atoms with Crippen molar-refractivity contribution in [2.24, 2.45) is 22.9 Å². The number of benzene rings is 3. The van der Waals surface area contributed by atoms with Crippen LogP contribution in [0.2, 0.25) is 0 Å². The van der Waals surface area contributed by atoms with Crippen molar-refractivity contribution in [3.8, 4) is 23.0 Å². The minimum atomic E-state index is -4.99. The van der Waals surface area contributed by atoms with E-state index < -0.39 is 65.7 Å². The maximum Gasteiger partial charge on any atom is 0.417 e. The monoisotopic (exact) mass is 939 g/mol. The van der Waals surface area contributed by atoms with Gasteiger partial charge in [-0.25, -0.2) is 26.8 Å². The van der Waals surface area contributed by atoms with Crippen LogP contribution in [0.4, 0.5) is 18.9 Å². The van der Waals surface area contributed by atoms with Gasteiger partial charge in [-0.05, 0) is 73.1 Å². The van der Waals surface area contributed by atoms with Gasteiger partial charge in [-0.2, -0.15) is 17.9 Å². The molecule has 18 nitrogen and oxygen atoms in total. The molecule has 3 aliphatic heterocycles. The third kappa shape index (κ3) is 8.75. The highest BCUT2D eigenvalue weighted by atomic mass is 32.2. The zero-order valence-electron chi connectivity index (χ0n) is 35.5. The summed E-state index contributed by atoms with van der Waals surface area (Å²) in [5.41, 5.74) is 1.96. The van der Waals surface area contributed by atoms with Crippen LogP contribution in [0.5, 0.6) is 23.0 Å². The van der Waals surface area contributed by atoms with Gasteiger partial charge in [0.1, 0.15) is 22.9 Å². The fraction of sp³-hybridized carbons (Fsp3) is 0.463. The Balaban J connectivity index is 0.000000256. The minimum absolute atomic E-state index is 0.0170. The third-order valence-electron chi connectivity index (χ3n) is 12.3. The quantitative estimate of drug-likeness (QED) is 0.172. The molecule has 1 saturated carbocycles. The molecule has 0 amide bonds. The van der Waals surface area contributed by atoms with Gasteiger partial charge in [-0.1, -0.05) is 0 Å². The number of anilines is 1. The molecule has 23 heteroatoms. The second-order valence-electron chi connectivity index (χ2n) is 15.6. The number of halogens is 3. The molecule has 4 aromatic rings. The molecule has 348 valence electrons. The summed E-state index contributed by atoms with van der Waals surface area (Å²) in [4.78, 5) is 31.2. The summed E-state index contributed by atoms with van der Waals surface area (Å²) in [5, 5.41) is 8.31. The molecule has 2 fully saturated rings. The third-order valence-corrected chi connectivity index (χ3v) is 14.7. The first-order valence-electron chi connectivity index (χ1n) is 19.8. The number of nitrogens with one attached hydrogen (secondary N) is 3. The Morgan fingerprint density at radius 2 is 1.62 bits per heavy atom. The van der Waals surface area contributed by atoms with Crippen LogP contribution >= 0.6 is 0 Å². The Morgan fingerprint density at radius 1 is 0.922 bits per heavy atom. The van der Waals surface area contributed by atoms with Crippen LogP contribution in [0.1, 0.15) is 46.1 Å². The van der Waals surface area contributed by atoms with Crippen LogP contribution < -0.4 is 34.1 Å². The van der Waals surface area contributed by atoms with Gasteiger partial charge in [-0.3, -0.25) is 9.69 Å². The van der Waals surface area contributed by atoms with E-state index in [1.54, 1.807) is 26.4 Å². The number of nitrogens with two attached hydrogens (primary N) is 1. The van der Waals surface area contributed by atoms with Crippen LogP contribution in [-0.4, -0.2) is 113 Å². The summed E-state index contributed by atoms with van der Waals surface area (Å²) in [6.45, 7) is 1.38. The molecular weight excluding hydrogens is 892 g/mol. The Kier molecular flexibility index (Phi) is 13.1. The number of primary sulfonamides is 1. The summed E-state index contributed by atoms with van der Waals surface area (Å²) in [7, 11) is 0.274. The van der Waals surface area contributed by atoms with Crippen molar-refractivity contribution in [3.63, 3.8) is 0 Å². The molecule has 0 unspecified atom stereocenters. The summed E-state index contributed by atoms with van der Waals surface area (Å²) in [5.74, 6) is 0.441. The molecule has 6 atom stereocenters. The predicted octanol–water partition coefficient (Wildman–Crippen LogP) is 4.19. The lowest BCUT2D eigenvalue weighted by Gasteiger charge is -2.52. The number of aromatic nitrogens is 1. The molecule has 0 spiro atoms. The van der Waals surface area contributed by atoms with Gasteiger partial charge in [0.25, 0.3) is 0 Å². The number of piperidine rings is 1. The van der Waals surface area contributed by atoms with Crippen LogP contribution in [0.3, 0.4) is 0 Å². The van der Waals surface area contributed by atoms with Crippen LogP contribution in [0.25, 0.3) is 10.9 Å². The van der Waals surface area contributed by atoms with E-state index in [0.29, 0.717) is 35.8 Å². The number of hydrogen-bond acceptors (Lipinski definition) is 15. The number of fused-ring (bicyclic) bond motifs is 7. The zero-order valence-corrected chi connectivity index (χ0v) is 37.2. The summed E-state index contributed by atoms with van der Waals surface area (Å²) < 4.78 is 125. The lowest BCUT2D eigenvalue weighted by Crippen LogP contribution is -2.58. The molecule has 1 aromatic heterocycles. The molecule has 5 N–H and O–H groups in total. The zero-order chi connectivity index (χ0) is 46.5. The van der Waals surface area contributed by atoms with E-state index in [1.807, 2.05) is 16.9 Å². The predicted molar refractivity (Wildman–Crippen MR) is 222 cm³/mol. The first-order chi connectivity index (χ1) is 30.3. The summed E-state index contributed by atoms with van der Waals surface area (Å²) in [6.07, 6.45) is -4.07. The van der Waals surface area contributed by atoms with Gasteiger partial charge in [-0.15, -0.1) is 0 Å². The van der Waals surface area contributed by atoms with Crippen molar-refractivity contribution in [1.29, 1.82) is 0 Å². The molecule has 8 rings (SSSR count). The van der Waals surface area contributed by atoms with Gasteiger partial charge in [0.2, 0.25) is 25.8 Å². The van der Waals surface area contributed by atoms with Crippen molar-refractivity contribution >= 4 is 48.6 Å². The van der Waals surface area contributed by atoms with E-state index in [4.69, 9.17) is 38.3 Å². The molecule has 3 aromatic carbocycles. The fourth-order valence-corrected chi connectivity index (χ4v) is 11.4. The Bertz CT molecular complexity index is 2650. The Labute approximate surface area is 366 Å². The van der Waals surface area contributed by atoms with Crippen LogP contribution in [-0.2, 0) is 51.6 Å². The van der Waals surface area contributed by atoms with Crippen molar-refractivity contribution < 1.29 is 72.8 Å². The highest BCUT2D eigenvalue weighted by Crippen LogP contribution is 2.51. The van der Waals surface area contributed by atoms with E-state index in [2.05, 4.69) is 21.3 Å². The first kappa shape index (κ1) is 46.7. The number of esters is 2. The van der Waals surface area contributed by atoms with Gasteiger partial charge in [0.15, 0.2) is 11.5 Å². The van der Waals surface area contributed by atoms with E-state index in [-0.39, 0.29) is 41.8 Å². The number of aromatic amines is 1. The number of nitrogens with zero attached hydrogens (tertiary/aromatic N) is 1. The Hall–Kier alpha value is -5.33. The molecule has 0 radical (unpaired) electrons. The number of H-pyrrole nitrogens is 1. The molecule has 64 heavy (non-hydrogen) atoms. The highest BCUT2D eigenvalue weighted by molar-refractivity contribution is 7.90. The van der Waals surface area contributed by atoms with Gasteiger partial charge >= 0.3 is 18.1 Å². The van der Waals surface area contributed by atoms with Gasteiger partial charge < -0.3 is 43.5 Å². The summed E-state index contributed by atoms with van der Waals surface area (Å²) in [6, 6.07) is 10.2. The number of alkyl halides is 3. The maximum absolute atomic E-state index is 13.5. The van der Waals surface area contributed by atoms with Crippen molar-refractivity contribution in [3.05, 3.63) is 64.8 Å². The Morgan fingerprint density at radius 3 is 2.22 bits per heavy atom. The number of hydrogen-bond donors (Lipinski definition) is 4. The molecular formula is C41H48F3N5O13S2. The molecule has 0 bridgehead atoms. The molecule has 4 heterocycles. The molecule has 1 aliphatic carbocycles. The van der Waals surface area contributed by atoms with Gasteiger partial charge in [0.05, 0.1) is 75.9 Å². The van der Waals surface area contributed by atoms with E-state index in [1.165, 1.54) is 45.1 Å². The molecule has 4 aliphatic rings.